The minimum atomic E-state index is -0.395. The van der Waals surface area contributed by atoms with Gasteiger partial charge in [0.15, 0.2) is 5.76 Å². The molecule has 0 aromatic carbocycles. The van der Waals surface area contributed by atoms with Crippen LogP contribution in [0.1, 0.15) is 35.4 Å². The Hall–Kier alpha value is -1.57. The molecule has 1 fully saturated rings. The summed E-state index contributed by atoms with van der Waals surface area (Å²) in [7, 11) is 0. The highest BCUT2D eigenvalue weighted by Crippen LogP contribution is 2.18. The van der Waals surface area contributed by atoms with E-state index < -0.39 is 6.10 Å². The van der Waals surface area contributed by atoms with Crippen LogP contribution in [-0.4, -0.2) is 43.7 Å². The van der Waals surface area contributed by atoms with Gasteiger partial charge in [0.25, 0.3) is 5.91 Å². The fourth-order valence-electron chi connectivity index (χ4n) is 2.37. The van der Waals surface area contributed by atoms with Gasteiger partial charge in [-0.1, -0.05) is 0 Å². The number of carbonyl (C=O) groups is 2. The zero-order valence-electron chi connectivity index (χ0n) is 13.2. The van der Waals surface area contributed by atoms with E-state index in [1.54, 1.807) is 6.07 Å². The summed E-state index contributed by atoms with van der Waals surface area (Å²) >= 11 is 0. The first-order valence-corrected chi connectivity index (χ1v) is 7.57. The van der Waals surface area contributed by atoms with Crippen LogP contribution in [-0.2, 0) is 9.53 Å². The summed E-state index contributed by atoms with van der Waals surface area (Å²) in [5, 5.41) is 5.56. The maximum Gasteiger partial charge on any atom is 0.287 e. The van der Waals surface area contributed by atoms with Gasteiger partial charge in [-0.25, -0.2) is 0 Å². The van der Waals surface area contributed by atoms with Crippen LogP contribution in [0.5, 0.6) is 0 Å². The van der Waals surface area contributed by atoms with Gasteiger partial charge in [0, 0.05) is 25.2 Å². The van der Waals surface area contributed by atoms with Crippen LogP contribution >= 0.6 is 12.4 Å². The van der Waals surface area contributed by atoms with E-state index in [1.165, 1.54) is 6.26 Å². The van der Waals surface area contributed by atoms with Gasteiger partial charge >= 0.3 is 0 Å². The van der Waals surface area contributed by atoms with E-state index in [2.05, 4.69) is 10.6 Å². The van der Waals surface area contributed by atoms with Gasteiger partial charge in [0.05, 0.1) is 12.4 Å². The summed E-state index contributed by atoms with van der Waals surface area (Å²) < 4.78 is 10.6. The summed E-state index contributed by atoms with van der Waals surface area (Å²) in [4.78, 5) is 23.6. The molecule has 1 aliphatic rings. The normalized spacial score (nSPS) is 19.9. The van der Waals surface area contributed by atoms with E-state index in [-0.39, 0.29) is 30.3 Å². The Morgan fingerprint density at radius 3 is 2.65 bits per heavy atom. The minimum absolute atomic E-state index is 0. The SMILES string of the molecule is Cc1ccoc1C(=O)NCCCNC(=O)[C@@H]1CC[C@H](CN)O1.Cl. The van der Waals surface area contributed by atoms with Crippen LogP contribution < -0.4 is 16.4 Å². The van der Waals surface area contributed by atoms with Crippen molar-refractivity contribution in [1.29, 1.82) is 0 Å². The van der Waals surface area contributed by atoms with Crippen molar-refractivity contribution in [3.63, 3.8) is 0 Å². The number of hydrogen-bond acceptors (Lipinski definition) is 5. The lowest BCUT2D eigenvalue weighted by Crippen LogP contribution is -2.37. The van der Waals surface area contributed by atoms with Crippen LogP contribution in [0.25, 0.3) is 0 Å². The first-order chi connectivity index (χ1) is 10.6. The second-order valence-corrected chi connectivity index (χ2v) is 5.39. The summed E-state index contributed by atoms with van der Waals surface area (Å²) in [6.45, 7) is 3.22. The number of ether oxygens (including phenoxy) is 1. The van der Waals surface area contributed by atoms with E-state index in [4.69, 9.17) is 14.9 Å². The predicted molar refractivity (Wildman–Crippen MR) is 87.6 cm³/mol. The summed E-state index contributed by atoms with van der Waals surface area (Å²) in [6, 6.07) is 1.74. The maximum atomic E-state index is 11.9. The molecule has 0 unspecified atom stereocenters. The van der Waals surface area contributed by atoms with Crippen molar-refractivity contribution in [3.05, 3.63) is 23.7 Å². The highest BCUT2D eigenvalue weighted by molar-refractivity contribution is 5.92. The second kappa shape index (κ2) is 9.54. The lowest BCUT2D eigenvalue weighted by Gasteiger charge is -2.12. The number of carbonyl (C=O) groups excluding carboxylic acids is 2. The molecule has 2 rings (SSSR count). The molecule has 0 aliphatic carbocycles. The summed E-state index contributed by atoms with van der Waals surface area (Å²) in [5.74, 6) is -0.0147. The quantitative estimate of drug-likeness (QED) is 0.632. The topological polar surface area (TPSA) is 107 Å². The zero-order chi connectivity index (χ0) is 15.9. The first kappa shape index (κ1) is 19.5. The number of nitrogens with one attached hydrogen (secondary N) is 2. The third-order valence-corrected chi connectivity index (χ3v) is 3.67. The van der Waals surface area contributed by atoms with Gasteiger partial charge in [-0.05, 0) is 32.3 Å². The molecule has 7 nitrogen and oxygen atoms in total. The van der Waals surface area contributed by atoms with E-state index in [1.807, 2.05) is 6.92 Å². The van der Waals surface area contributed by atoms with Crippen molar-refractivity contribution in [2.75, 3.05) is 19.6 Å². The number of nitrogens with two attached hydrogens (primary N) is 1. The monoisotopic (exact) mass is 345 g/mol. The van der Waals surface area contributed by atoms with Crippen LogP contribution in [0.3, 0.4) is 0 Å². The lowest BCUT2D eigenvalue weighted by atomic mass is 10.2. The van der Waals surface area contributed by atoms with E-state index in [9.17, 15) is 9.59 Å². The molecule has 2 heterocycles. The molecular weight excluding hydrogens is 322 g/mol. The molecule has 0 saturated carbocycles. The van der Waals surface area contributed by atoms with E-state index >= 15 is 0 Å². The second-order valence-electron chi connectivity index (χ2n) is 5.39. The van der Waals surface area contributed by atoms with Gasteiger partial charge in [0.2, 0.25) is 5.91 Å². The fraction of sp³-hybridized carbons (Fsp3) is 0.600. The molecule has 1 aromatic heterocycles. The predicted octanol–water partition coefficient (Wildman–Crippen LogP) is 0.752. The molecule has 1 saturated heterocycles. The van der Waals surface area contributed by atoms with Gasteiger partial charge in [0.1, 0.15) is 6.10 Å². The third-order valence-electron chi connectivity index (χ3n) is 3.67. The Kier molecular flexibility index (Phi) is 8.08. The van der Waals surface area contributed by atoms with Crippen molar-refractivity contribution in [2.45, 2.75) is 38.4 Å². The Balaban J connectivity index is 0.00000264. The molecule has 0 spiro atoms. The standard InChI is InChI=1S/C15H23N3O4.ClH/c1-10-5-8-21-13(10)15(20)18-7-2-6-17-14(19)12-4-3-11(9-16)22-12;/h5,8,11-12H,2-4,6-7,9,16H2,1H3,(H,17,19)(H,18,20);1H/t11-,12+;/m1./s1. The van der Waals surface area contributed by atoms with Gasteiger partial charge in [-0.2, -0.15) is 0 Å². The Morgan fingerprint density at radius 1 is 1.30 bits per heavy atom. The first-order valence-electron chi connectivity index (χ1n) is 7.57. The van der Waals surface area contributed by atoms with E-state index in [0.29, 0.717) is 38.2 Å². The number of rotatable bonds is 7. The van der Waals surface area contributed by atoms with Crippen molar-refractivity contribution >= 4 is 24.2 Å². The van der Waals surface area contributed by atoms with Crippen LogP contribution in [0.2, 0.25) is 0 Å². The minimum Gasteiger partial charge on any atom is -0.459 e. The maximum absolute atomic E-state index is 11.9. The number of hydrogen-bond donors (Lipinski definition) is 3. The highest BCUT2D eigenvalue weighted by Gasteiger charge is 2.29. The zero-order valence-corrected chi connectivity index (χ0v) is 14.0. The third kappa shape index (κ3) is 5.53. The van der Waals surface area contributed by atoms with Gasteiger partial charge < -0.3 is 25.5 Å². The average Bonchev–Trinajstić information content (AvgIpc) is 3.15. The molecule has 1 aromatic rings. The molecular formula is C15H24ClN3O4. The summed E-state index contributed by atoms with van der Waals surface area (Å²) in [6.07, 6.45) is 3.26. The highest BCUT2D eigenvalue weighted by atomic mass is 35.5. The summed E-state index contributed by atoms with van der Waals surface area (Å²) in [5.41, 5.74) is 6.31. The average molecular weight is 346 g/mol. The van der Waals surface area contributed by atoms with E-state index in [0.717, 1.165) is 12.0 Å². The number of amides is 2. The Morgan fingerprint density at radius 2 is 2.04 bits per heavy atom. The van der Waals surface area contributed by atoms with Crippen LogP contribution in [0.15, 0.2) is 16.7 Å². The largest absolute Gasteiger partial charge is 0.459 e. The molecule has 4 N–H and O–H groups in total. The molecule has 0 bridgehead atoms. The molecule has 8 heteroatoms. The Labute approximate surface area is 141 Å². The molecule has 2 amide bonds. The van der Waals surface area contributed by atoms with Gasteiger partial charge in [-0.3, -0.25) is 9.59 Å². The van der Waals surface area contributed by atoms with Crippen LogP contribution in [0.4, 0.5) is 0 Å². The smallest absolute Gasteiger partial charge is 0.287 e. The van der Waals surface area contributed by atoms with Crippen molar-refractivity contribution < 1.29 is 18.7 Å². The fourth-order valence-corrected chi connectivity index (χ4v) is 2.37. The molecule has 2 atom stereocenters. The van der Waals surface area contributed by atoms with Gasteiger partial charge in [-0.15, -0.1) is 12.4 Å². The van der Waals surface area contributed by atoms with Crippen molar-refractivity contribution in [1.82, 2.24) is 10.6 Å². The number of halogens is 1. The van der Waals surface area contributed by atoms with Crippen LogP contribution in [0, 0.1) is 6.92 Å². The molecule has 0 radical (unpaired) electrons. The molecule has 23 heavy (non-hydrogen) atoms. The number of aryl methyl sites for hydroxylation is 1. The Bertz CT molecular complexity index is 521. The number of furan rings is 1. The lowest BCUT2D eigenvalue weighted by molar-refractivity contribution is -0.131. The van der Waals surface area contributed by atoms with Crippen molar-refractivity contribution in [3.8, 4) is 0 Å². The molecule has 1 aliphatic heterocycles. The van der Waals surface area contributed by atoms with Crippen molar-refractivity contribution in [2.24, 2.45) is 5.73 Å². The molecule has 130 valence electrons.